The number of methoxy groups -OCH3 is 1. The van der Waals surface area contributed by atoms with Gasteiger partial charge < -0.3 is 19.0 Å². The van der Waals surface area contributed by atoms with Crippen LogP contribution in [0.15, 0.2) is 65.8 Å². The minimum Gasteiger partial charge on any atom is -0.465 e. The number of anilines is 1. The van der Waals surface area contributed by atoms with Crippen molar-refractivity contribution >= 4 is 34.3 Å². The Balaban J connectivity index is 1.42. The van der Waals surface area contributed by atoms with E-state index in [-0.39, 0.29) is 24.7 Å². The summed E-state index contributed by atoms with van der Waals surface area (Å²) in [6.45, 7) is 1.29. The highest BCUT2D eigenvalue weighted by molar-refractivity contribution is 6.54. The normalized spacial score (nSPS) is 13.9. The predicted octanol–water partition coefficient (Wildman–Crippen LogP) is 4.13. The standard InChI is InChI=1S/C29H27F2N5O4/c1-34(2)12-13-35-25-15-21(31)8-10-23(25)32-26(35)16-36-24-11-9-20(30)14-22(24)27(28(36)37)33-40-17-18-4-6-19(7-5-18)29(38)39-3/h4-11,14-15H,12-13,16-17H2,1-3H3/b33-27-. The van der Waals surface area contributed by atoms with Gasteiger partial charge in [-0.3, -0.25) is 9.69 Å². The van der Waals surface area contributed by atoms with Crippen LogP contribution in [0.5, 0.6) is 0 Å². The largest absolute Gasteiger partial charge is 0.465 e. The van der Waals surface area contributed by atoms with Gasteiger partial charge in [0.15, 0.2) is 5.71 Å². The van der Waals surface area contributed by atoms with E-state index >= 15 is 0 Å². The van der Waals surface area contributed by atoms with Crippen molar-refractivity contribution in [1.29, 1.82) is 0 Å². The molecule has 0 bridgehead atoms. The number of amides is 1. The number of oxime groups is 1. The van der Waals surface area contributed by atoms with Crippen molar-refractivity contribution in [3.63, 3.8) is 0 Å². The number of hydrogen-bond donors (Lipinski definition) is 0. The number of nitrogens with zero attached hydrogens (tertiary/aromatic N) is 5. The van der Waals surface area contributed by atoms with E-state index in [2.05, 4.69) is 10.1 Å². The maximum Gasteiger partial charge on any atom is 0.337 e. The number of aromatic nitrogens is 2. The molecule has 0 saturated heterocycles. The van der Waals surface area contributed by atoms with Crippen molar-refractivity contribution < 1.29 is 27.9 Å². The van der Waals surface area contributed by atoms with Crippen LogP contribution in [0.25, 0.3) is 11.0 Å². The quantitative estimate of drug-likeness (QED) is 0.231. The van der Waals surface area contributed by atoms with E-state index in [1.807, 2.05) is 23.6 Å². The van der Waals surface area contributed by atoms with Crippen molar-refractivity contribution in [2.45, 2.75) is 19.7 Å². The molecule has 1 aliphatic rings. The van der Waals surface area contributed by atoms with Crippen LogP contribution in [0.3, 0.4) is 0 Å². The molecule has 1 aromatic heterocycles. The minimum atomic E-state index is -0.520. The average molecular weight is 548 g/mol. The second kappa shape index (κ2) is 11.2. The maximum absolute atomic E-state index is 14.2. The molecular formula is C29H27F2N5O4. The van der Waals surface area contributed by atoms with Gasteiger partial charge in [0.25, 0.3) is 5.91 Å². The number of likely N-dealkylation sites (N-methyl/N-ethyl adjacent to an activating group) is 1. The van der Waals surface area contributed by atoms with Gasteiger partial charge in [0, 0.05) is 18.7 Å². The van der Waals surface area contributed by atoms with Gasteiger partial charge in [-0.1, -0.05) is 17.3 Å². The molecule has 1 amide bonds. The summed E-state index contributed by atoms with van der Waals surface area (Å²) in [5.74, 6) is -1.27. The fourth-order valence-corrected chi connectivity index (χ4v) is 4.51. The summed E-state index contributed by atoms with van der Waals surface area (Å²) >= 11 is 0. The van der Waals surface area contributed by atoms with Crippen LogP contribution in [0.2, 0.25) is 0 Å². The number of ether oxygens (including phenoxy) is 1. The average Bonchev–Trinajstić information content (AvgIpc) is 3.40. The van der Waals surface area contributed by atoms with Gasteiger partial charge in [0.05, 0.1) is 35.9 Å². The molecule has 0 N–H and O–H groups in total. The maximum atomic E-state index is 14.2. The highest BCUT2D eigenvalue weighted by Gasteiger charge is 2.36. The fraction of sp³-hybridized carbons (Fsp3) is 0.241. The first-order valence-corrected chi connectivity index (χ1v) is 12.5. The highest BCUT2D eigenvalue weighted by atomic mass is 19.1. The summed E-state index contributed by atoms with van der Waals surface area (Å²) < 4.78 is 34.9. The Kier molecular flexibility index (Phi) is 7.56. The molecule has 9 nitrogen and oxygen atoms in total. The Morgan fingerprint density at radius 3 is 2.48 bits per heavy atom. The molecular weight excluding hydrogens is 520 g/mol. The summed E-state index contributed by atoms with van der Waals surface area (Å²) in [5.41, 5.74) is 3.06. The van der Waals surface area contributed by atoms with Crippen LogP contribution in [0.1, 0.15) is 27.3 Å². The summed E-state index contributed by atoms with van der Waals surface area (Å²) in [7, 11) is 5.17. The lowest BCUT2D eigenvalue weighted by Gasteiger charge is -2.19. The molecule has 3 aromatic carbocycles. The third kappa shape index (κ3) is 5.41. The van der Waals surface area contributed by atoms with E-state index in [0.29, 0.717) is 52.3 Å². The van der Waals surface area contributed by atoms with Crippen molar-refractivity contribution in [3.05, 3.63) is 94.8 Å². The Hall–Kier alpha value is -4.64. The summed E-state index contributed by atoms with van der Waals surface area (Å²) in [6, 6.07) is 15.0. The Morgan fingerprint density at radius 1 is 1.02 bits per heavy atom. The number of fused-ring (bicyclic) bond motifs is 2. The molecule has 2 heterocycles. The molecule has 5 rings (SSSR count). The molecule has 0 radical (unpaired) electrons. The summed E-state index contributed by atoms with van der Waals surface area (Å²) in [4.78, 5) is 38.8. The Labute approximate surface area is 229 Å². The van der Waals surface area contributed by atoms with E-state index in [1.54, 1.807) is 30.3 Å². The molecule has 0 fully saturated rings. The third-order valence-corrected chi connectivity index (χ3v) is 6.57. The van der Waals surface area contributed by atoms with Gasteiger partial charge in [-0.15, -0.1) is 0 Å². The monoisotopic (exact) mass is 547 g/mol. The number of carbonyl (C=O) groups excluding carboxylic acids is 2. The van der Waals surface area contributed by atoms with Crippen molar-refractivity contribution in [1.82, 2.24) is 14.5 Å². The first kappa shape index (κ1) is 26.9. The Bertz CT molecular complexity index is 1610. The molecule has 0 unspecified atom stereocenters. The lowest BCUT2D eigenvalue weighted by molar-refractivity contribution is -0.112. The number of carbonyl (C=O) groups is 2. The molecule has 206 valence electrons. The SMILES string of the molecule is COC(=O)c1ccc(CO/N=C2\C(=O)N(Cc3nc4ccc(F)cc4n3CCN(C)C)c3ccc(F)cc32)cc1. The molecule has 40 heavy (non-hydrogen) atoms. The number of imidazole rings is 1. The van der Waals surface area contributed by atoms with Crippen molar-refractivity contribution in [3.8, 4) is 0 Å². The van der Waals surface area contributed by atoms with E-state index < -0.39 is 17.7 Å². The van der Waals surface area contributed by atoms with Gasteiger partial charge >= 0.3 is 5.97 Å². The topological polar surface area (TPSA) is 89.3 Å². The minimum absolute atomic E-state index is 0.0226. The van der Waals surface area contributed by atoms with Crippen LogP contribution in [-0.4, -0.2) is 59.8 Å². The number of benzene rings is 3. The molecule has 11 heteroatoms. The van der Waals surface area contributed by atoms with Gasteiger partial charge in [0.2, 0.25) is 0 Å². The van der Waals surface area contributed by atoms with E-state index in [9.17, 15) is 18.4 Å². The highest BCUT2D eigenvalue weighted by Crippen LogP contribution is 2.32. The smallest absolute Gasteiger partial charge is 0.337 e. The first-order valence-electron chi connectivity index (χ1n) is 12.5. The van der Waals surface area contributed by atoms with E-state index in [4.69, 9.17) is 9.57 Å². The predicted molar refractivity (Wildman–Crippen MR) is 145 cm³/mol. The second-order valence-corrected chi connectivity index (χ2v) is 9.57. The van der Waals surface area contributed by atoms with Gasteiger partial charge in [0.1, 0.15) is 24.1 Å². The fourth-order valence-electron chi connectivity index (χ4n) is 4.51. The van der Waals surface area contributed by atoms with Gasteiger partial charge in [-0.2, -0.15) is 0 Å². The van der Waals surface area contributed by atoms with E-state index in [0.717, 1.165) is 0 Å². The number of halogens is 2. The zero-order chi connectivity index (χ0) is 28.4. The number of hydrogen-bond acceptors (Lipinski definition) is 7. The third-order valence-electron chi connectivity index (χ3n) is 6.57. The lowest BCUT2D eigenvalue weighted by atomic mass is 10.1. The zero-order valence-corrected chi connectivity index (χ0v) is 22.2. The Morgan fingerprint density at radius 2 is 1.75 bits per heavy atom. The van der Waals surface area contributed by atoms with Crippen molar-refractivity contribution in [2.24, 2.45) is 5.16 Å². The molecule has 1 aliphatic heterocycles. The van der Waals surface area contributed by atoms with Crippen LogP contribution in [-0.2, 0) is 34.1 Å². The van der Waals surface area contributed by atoms with Crippen LogP contribution >= 0.6 is 0 Å². The second-order valence-electron chi connectivity index (χ2n) is 9.57. The van der Waals surface area contributed by atoms with Crippen LogP contribution in [0, 0.1) is 11.6 Å². The molecule has 4 aromatic rings. The van der Waals surface area contributed by atoms with Gasteiger partial charge in [-0.05, 0) is 68.2 Å². The zero-order valence-electron chi connectivity index (χ0n) is 22.2. The van der Waals surface area contributed by atoms with Crippen LogP contribution in [0.4, 0.5) is 14.5 Å². The van der Waals surface area contributed by atoms with E-state index in [1.165, 1.54) is 42.3 Å². The van der Waals surface area contributed by atoms with Crippen LogP contribution < -0.4 is 4.90 Å². The molecule has 0 atom stereocenters. The summed E-state index contributed by atoms with van der Waals surface area (Å²) in [6.07, 6.45) is 0. The lowest BCUT2D eigenvalue weighted by Crippen LogP contribution is -2.31. The number of rotatable bonds is 9. The molecule has 0 aliphatic carbocycles. The van der Waals surface area contributed by atoms with Crippen molar-refractivity contribution in [2.75, 3.05) is 32.6 Å². The molecule has 0 spiro atoms. The molecule has 0 saturated carbocycles. The summed E-state index contributed by atoms with van der Waals surface area (Å²) in [5, 5.41) is 4.07. The number of esters is 1. The first-order chi connectivity index (χ1) is 19.2. The van der Waals surface area contributed by atoms with Gasteiger partial charge in [-0.25, -0.2) is 18.6 Å².